The van der Waals surface area contributed by atoms with Gasteiger partial charge >= 0.3 is 0 Å². The zero-order valence-electron chi connectivity index (χ0n) is 43.4. The number of hydrogen-bond donors (Lipinski definition) is 0. The molecule has 0 saturated heterocycles. The molecule has 0 saturated carbocycles. The van der Waals surface area contributed by atoms with Crippen LogP contribution in [0, 0.1) is 23.7 Å². The van der Waals surface area contributed by atoms with Crippen molar-refractivity contribution in [3.8, 4) is 33.8 Å². The summed E-state index contributed by atoms with van der Waals surface area (Å²) < 4.78 is 11.7. The summed E-state index contributed by atoms with van der Waals surface area (Å²) in [6.07, 6.45) is 4.40. The lowest BCUT2D eigenvalue weighted by Gasteiger charge is -2.13. The maximum absolute atomic E-state index is 5.92. The molecule has 0 aliphatic heterocycles. The molecule has 0 spiro atoms. The largest absolute Gasteiger partial charge is 0.489 e. The van der Waals surface area contributed by atoms with E-state index in [0.717, 1.165) is 68.4 Å². The molecule has 8 aromatic carbocycles. The fourth-order valence-electron chi connectivity index (χ4n) is 7.93. The third-order valence-corrected chi connectivity index (χ3v) is 12.4. The summed E-state index contributed by atoms with van der Waals surface area (Å²) in [4.78, 5) is 0. The van der Waals surface area contributed by atoms with Gasteiger partial charge in [-0.05, 0) is 172 Å². The van der Waals surface area contributed by atoms with Crippen LogP contribution in [0.2, 0.25) is 20.1 Å². The number of hydrogen-bond acceptors (Lipinski definition) is 2. The maximum atomic E-state index is 5.92. The van der Waals surface area contributed by atoms with Gasteiger partial charge in [-0.3, -0.25) is 0 Å². The Morgan fingerprint density at radius 3 is 1.10 bits per heavy atom. The lowest BCUT2D eigenvalue weighted by atomic mass is 9.94. The molecule has 0 aliphatic rings. The molecular formula is C66H72Cl4O2. The van der Waals surface area contributed by atoms with Crippen molar-refractivity contribution < 1.29 is 9.47 Å². The fraction of sp³-hybridized carbons (Fsp3) is 0.273. The minimum absolute atomic E-state index is 0.570. The predicted octanol–water partition coefficient (Wildman–Crippen LogP) is 20.6. The summed E-state index contributed by atoms with van der Waals surface area (Å²) in [5.41, 5.74) is 12.7. The standard InChI is InChI=1S/2C17H19ClO.2C16H17Cl/c1-13(2)11-14-5-9-17(10-6-14)19-12-15-3-7-16(18)8-4-15;1-13(2)11-15-5-3-4-6-17(15)19-12-14-7-9-16(18)10-8-14;1-12(2)11-13-3-5-14(6-4-13)15-7-9-16(17)10-8-15;1-12(2)11-14-5-3-4-6-16(14)13-7-9-15(17)10-8-13/h2*3-10,13H,11-12H2,1-2H3;2*3-10,12H,11H2,1-2H3. The molecule has 72 heavy (non-hydrogen) atoms. The van der Waals surface area contributed by atoms with Gasteiger partial charge in [0.05, 0.1) is 0 Å². The number of para-hydroxylation sites is 1. The molecule has 0 radical (unpaired) electrons. The molecule has 0 N–H and O–H groups in total. The Balaban J connectivity index is 0.000000179. The molecule has 8 rings (SSSR count). The van der Waals surface area contributed by atoms with Crippen LogP contribution in [-0.4, -0.2) is 0 Å². The van der Waals surface area contributed by atoms with Crippen molar-refractivity contribution in [2.24, 2.45) is 23.7 Å². The molecule has 6 heteroatoms. The van der Waals surface area contributed by atoms with E-state index in [1.165, 1.54) is 44.5 Å². The van der Waals surface area contributed by atoms with Gasteiger partial charge in [0.2, 0.25) is 0 Å². The Bertz CT molecular complexity index is 2740. The average Bonchev–Trinajstić information content (AvgIpc) is 3.35. The Kier molecular flexibility index (Phi) is 24.3. The summed E-state index contributed by atoms with van der Waals surface area (Å²) in [5, 5.41) is 3.08. The molecular weight excluding hydrogens is 967 g/mol. The molecule has 0 aliphatic carbocycles. The predicted molar refractivity (Wildman–Crippen MR) is 312 cm³/mol. The molecule has 376 valence electrons. The van der Waals surface area contributed by atoms with Crippen molar-refractivity contribution >= 4 is 46.4 Å². The van der Waals surface area contributed by atoms with Crippen LogP contribution in [0.15, 0.2) is 194 Å². The van der Waals surface area contributed by atoms with Gasteiger partial charge in [0.15, 0.2) is 0 Å². The molecule has 0 aromatic heterocycles. The number of halogens is 4. The Hall–Kier alpha value is -5.48. The van der Waals surface area contributed by atoms with Crippen LogP contribution in [0.25, 0.3) is 22.3 Å². The lowest BCUT2D eigenvalue weighted by Crippen LogP contribution is -2.01. The molecule has 0 heterocycles. The monoisotopic (exact) mass is 1040 g/mol. The van der Waals surface area contributed by atoms with Crippen molar-refractivity contribution in [3.05, 3.63) is 248 Å². The highest BCUT2D eigenvalue weighted by atomic mass is 35.5. The van der Waals surface area contributed by atoms with Crippen molar-refractivity contribution in [3.63, 3.8) is 0 Å². The van der Waals surface area contributed by atoms with Crippen molar-refractivity contribution in [2.75, 3.05) is 0 Å². The average molecular weight is 1040 g/mol. The second kappa shape index (κ2) is 30.5. The van der Waals surface area contributed by atoms with E-state index in [9.17, 15) is 0 Å². The minimum atomic E-state index is 0.570. The van der Waals surface area contributed by atoms with Gasteiger partial charge in [0, 0.05) is 20.1 Å². The molecule has 0 atom stereocenters. The third-order valence-electron chi connectivity index (χ3n) is 11.4. The summed E-state index contributed by atoms with van der Waals surface area (Å²) in [5.74, 6) is 4.56. The quantitative estimate of drug-likeness (QED) is 0.0960. The van der Waals surface area contributed by atoms with Gasteiger partial charge in [-0.1, -0.05) is 229 Å². The Morgan fingerprint density at radius 2 is 0.639 bits per heavy atom. The van der Waals surface area contributed by atoms with Gasteiger partial charge in [0.1, 0.15) is 24.7 Å². The SMILES string of the molecule is CC(C)Cc1ccc(-c2ccc(Cl)cc2)cc1.CC(C)Cc1ccc(OCc2ccc(Cl)cc2)cc1.CC(C)Cc1ccccc1-c1ccc(Cl)cc1.CC(C)Cc1ccccc1OCc1ccc(Cl)cc1. The molecule has 0 fully saturated rings. The first kappa shape index (κ1) is 57.4. The first-order valence-electron chi connectivity index (χ1n) is 25.2. The number of ether oxygens (including phenoxy) is 2. The highest BCUT2D eigenvalue weighted by Crippen LogP contribution is 2.28. The number of benzene rings is 8. The highest BCUT2D eigenvalue weighted by molar-refractivity contribution is 6.31. The summed E-state index contributed by atoms with van der Waals surface area (Å²) in [6, 6.07) is 65.5. The van der Waals surface area contributed by atoms with Crippen LogP contribution in [0.4, 0.5) is 0 Å². The lowest BCUT2D eigenvalue weighted by molar-refractivity contribution is 0.302. The van der Waals surface area contributed by atoms with E-state index < -0.39 is 0 Å². The second-order valence-electron chi connectivity index (χ2n) is 19.8. The van der Waals surface area contributed by atoms with Gasteiger partial charge in [-0.25, -0.2) is 0 Å². The van der Waals surface area contributed by atoms with Gasteiger partial charge < -0.3 is 9.47 Å². The van der Waals surface area contributed by atoms with Crippen LogP contribution in [0.3, 0.4) is 0 Å². The van der Waals surface area contributed by atoms with Crippen LogP contribution >= 0.6 is 46.4 Å². The minimum Gasteiger partial charge on any atom is -0.489 e. The highest BCUT2D eigenvalue weighted by Gasteiger charge is 2.08. The second-order valence-corrected chi connectivity index (χ2v) is 21.6. The molecule has 0 unspecified atom stereocenters. The van der Waals surface area contributed by atoms with Gasteiger partial charge in [0.25, 0.3) is 0 Å². The number of rotatable bonds is 16. The van der Waals surface area contributed by atoms with Crippen molar-refractivity contribution in [1.82, 2.24) is 0 Å². The van der Waals surface area contributed by atoms with E-state index in [-0.39, 0.29) is 0 Å². The Labute approximate surface area is 452 Å². The Morgan fingerprint density at radius 1 is 0.306 bits per heavy atom. The summed E-state index contributed by atoms with van der Waals surface area (Å²) >= 11 is 23.5. The van der Waals surface area contributed by atoms with Crippen LogP contribution < -0.4 is 9.47 Å². The van der Waals surface area contributed by atoms with E-state index in [1.54, 1.807) is 0 Å². The van der Waals surface area contributed by atoms with E-state index in [1.807, 2.05) is 97.1 Å². The summed E-state index contributed by atoms with van der Waals surface area (Å²) in [6.45, 7) is 19.0. The first-order valence-corrected chi connectivity index (χ1v) is 26.7. The van der Waals surface area contributed by atoms with Crippen molar-refractivity contribution in [1.29, 1.82) is 0 Å². The molecule has 0 amide bonds. The summed E-state index contributed by atoms with van der Waals surface area (Å²) in [7, 11) is 0. The third kappa shape index (κ3) is 21.3. The topological polar surface area (TPSA) is 18.5 Å². The molecule has 0 bridgehead atoms. The maximum Gasteiger partial charge on any atom is 0.123 e. The van der Waals surface area contributed by atoms with E-state index in [2.05, 4.69) is 152 Å². The van der Waals surface area contributed by atoms with Crippen LogP contribution in [0.5, 0.6) is 11.5 Å². The van der Waals surface area contributed by atoms with Crippen LogP contribution in [0.1, 0.15) is 88.8 Å². The van der Waals surface area contributed by atoms with E-state index in [4.69, 9.17) is 55.9 Å². The van der Waals surface area contributed by atoms with Crippen LogP contribution in [-0.2, 0) is 38.9 Å². The first-order chi connectivity index (χ1) is 34.6. The van der Waals surface area contributed by atoms with Crippen molar-refractivity contribution in [2.45, 2.75) is 94.3 Å². The normalized spacial score (nSPS) is 10.8. The zero-order valence-corrected chi connectivity index (χ0v) is 46.4. The smallest absolute Gasteiger partial charge is 0.123 e. The molecule has 8 aromatic rings. The molecule has 2 nitrogen and oxygen atoms in total. The van der Waals surface area contributed by atoms with Gasteiger partial charge in [-0.15, -0.1) is 0 Å². The van der Waals surface area contributed by atoms with E-state index >= 15 is 0 Å². The zero-order chi connectivity index (χ0) is 51.8. The fourth-order valence-corrected chi connectivity index (χ4v) is 8.44. The van der Waals surface area contributed by atoms with E-state index in [0.29, 0.717) is 36.9 Å². The van der Waals surface area contributed by atoms with Gasteiger partial charge in [-0.2, -0.15) is 0 Å².